The highest BCUT2D eigenvalue weighted by Crippen LogP contribution is 2.20. The number of rotatable bonds is 5. The molecule has 7 heteroatoms. The summed E-state index contributed by atoms with van der Waals surface area (Å²) in [6.45, 7) is 5.33. The minimum absolute atomic E-state index is 0.0711. The van der Waals surface area contributed by atoms with Crippen LogP contribution in [0.1, 0.15) is 20.8 Å². The number of nitrogens with one attached hydrogen (secondary N) is 1. The molecule has 0 spiro atoms. The van der Waals surface area contributed by atoms with Gasteiger partial charge in [0, 0.05) is 18.2 Å². The highest BCUT2D eigenvalue weighted by atomic mass is 32.2. The molecule has 1 atom stereocenters. The lowest BCUT2D eigenvalue weighted by molar-refractivity contribution is 0.314. The molecule has 0 heterocycles. The minimum atomic E-state index is -4.03. The molecule has 4 nitrogen and oxygen atoms in total. The van der Waals surface area contributed by atoms with Crippen LogP contribution < -0.4 is 10.5 Å². The minimum Gasteiger partial charge on any atom is -0.329 e. The normalized spacial score (nSPS) is 15.5. The third kappa shape index (κ3) is 3.71. The predicted molar refractivity (Wildman–Crippen MR) is 69.0 cm³/mol. The second-order valence-corrected chi connectivity index (χ2v) is 6.67. The summed E-state index contributed by atoms with van der Waals surface area (Å²) in [4.78, 5) is -0.453. The largest absolute Gasteiger partial charge is 0.329 e. The Labute approximate surface area is 112 Å². The van der Waals surface area contributed by atoms with Gasteiger partial charge in [0.05, 0.1) is 4.90 Å². The van der Waals surface area contributed by atoms with E-state index in [4.69, 9.17) is 5.73 Å². The van der Waals surface area contributed by atoms with Gasteiger partial charge in [-0.2, -0.15) is 0 Å². The molecule has 1 aromatic rings. The van der Waals surface area contributed by atoms with E-state index < -0.39 is 32.1 Å². The van der Waals surface area contributed by atoms with Crippen molar-refractivity contribution >= 4 is 10.0 Å². The van der Waals surface area contributed by atoms with Gasteiger partial charge in [-0.15, -0.1) is 0 Å². The number of halogens is 2. The molecule has 0 fully saturated rings. The monoisotopic (exact) mass is 292 g/mol. The zero-order valence-electron chi connectivity index (χ0n) is 11.1. The summed E-state index contributed by atoms with van der Waals surface area (Å²) in [5.74, 6) is -1.97. The molecule has 0 aliphatic rings. The van der Waals surface area contributed by atoms with Crippen LogP contribution in [0.25, 0.3) is 0 Å². The predicted octanol–water partition coefficient (Wildman–Crippen LogP) is 1.62. The van der Waals surface area contributed by atoms with Crippen LogP contribution in [0.15, 0.2) is 23.1 Å². The van der Waals surface area contributed by atoms with Gasteiger partial charge in [0.2, 0.25) is 10.0 Å². The van der Waals surface area contributed by atoms with E-state index in [1.807, 2.05) is 13.8 Å². The summed E-state index contributed by atoms with van der Waals surface area (Å²) in [6.07, 6.45) is 0. The Morgan fingerprint density at radius 3 is 2.11 bits per heavy atom. The van der Waals surface area contributed by atoms with Gasteiger partial charge in [0.15, 0.2) is 0 Å². The number of hydrogen-bond donors (Lipinski definition) is 2. The Bertz CT molecular complexity index is 541. The van der Waals surface area contributed by atoms with Crippen molar-refractivity contribution in [1.82, 2.24) is 4.72 Å². The number of nitrogens with two attached hydrogens (primary N) is 1. The van der Waals surface area contributed by atoms with Crippen LogP contribution >= 0.6 is 0 Å². The molecule has 0 saturated carbocycles. The average Bonchev–Trinajstić information content (AvgIpc) is 2.26. The average molecular weight is 292 g/mol. The van der Waals surface area contributed by atoms with Crippen molar-refractivity contribution < 1.29 is 17.2 Å². The van der Waals surface area contributed by atoms with E-state index in [-0.39, 0.29) is 12.5 Å². The van der Waals surface area contributed by atoms with Crippen molar-refractivity contribution in [3.8, 4) is 0 Å². The molecular formula is C12H18F2N2O2S. The molecule has 0 saturated heterocycles. The van der Waals surface area contributed by atoms with Gasteiger partial charge in [-0.1, -0.05) is 13.8 Å². The molecule has 1 unspecified atom stereocenters. The van der Waals surface area contributed by atoms with Crippen LogP contribution in [0, 0.1) is 17.6 Å². The fourth-order valence-electron chi connectivity index (χ4n) is 1.44. The summed E-state index contributed by atoms with van der Waals surface area (Å²) in [6, 6.07) is 2.15. The van der Waals surface area contributed by atoms with Gasteiger partial charge in [-0.05, 0) is 25.0 Å². The Hall–Kier alpha value is -1.05. The summed E-state index contributed by atoms with van der Waals surface area (Å²) in [7, 11) is -4.03. The quantitative estimate of drug-likeness (QED) is 0.866. The fraction of sp³-hybridized carbons (Fsp3) is 0.500. The van der Waals surface area contributed by atoms with Gasteiger partial charge in [0.25, 0.3) is 0 Å². The molecule has 19 heavy (non-hydrogen) atoms. The van der Waals surface area contributed by atoms with E-state index >= 15 is 0 Å². The third-order valence-corrected chi connectivity index (χ3v) is 4.80. The number of hydrogen-bond acceptors (Lipinski definition) is 3. The molecule has 1 rings (SSSR count). The first-order chi connectivity index (χ1) is 8.60. The zero-order valence-corrected chi connectivity index (χ0v) is 11.9. The summed E-state index contributed by atoms with van der Waals surface area (Å²) >= 11 is 0. The number of benzene rings is 1. The van der Waals surface area contributed by atoms with Crippen molar-refractivity contribution in [3.63, 3.8) is 0 Å². The van der Waals surface area contributed by atoms with Crippen LogP contribution in [-0.4, -0.2) is 20.5 Å². The topological polar surface area (TPSA) is 72.2 Å². The van der Waals surface area contributed by atoms with Gasteiger partial charge in [-0.25, -0.2) is 21.9 Å². The zero-order chi connectivity index (χ0) is 14.8. The first kappa shape index (κ1) is 16.0. The summed E-state index contributed by atoms with van der Waals surface area (Å²) < 4.78 is 52.8. The molecule has 108 valence electrons. The van der Waals surface area contributed by atoms with E-state index in [1.54, 1.807) is 6.92 Å². The Kier molecular flexibility index (Phi) is 4.65. The van der Waals surface area contributed by atoms with Gasteiger partial charge < -0.3 is 5.73 Å². The van der Waals surface area contributed by atoms with E-state index in [2.05, 4.69) is 4.72 Å². The lowest BCUT2D eigenvalue weighted by atomic mass is 9.90. The van der Waals surface area contributed by atoms with Gasteiger partial charge >= 0.3 is 0 Å². The molecular weight excluding hydrogens is 274 g/mol. The van der Waals surface area contributed by atoms with Crippen LogP contribution in [0.2, 0.25) is 0 Å². The van der Waals surface area contributed by atoms with E-state index in [9.17, 15) is 17.2 Å². The summed E-state index contributed by atoms with van der Waals surface area (Å²) in [5, 5.41) is 0. The van der Waals surface area contributed by atoms with Crippen LogP contribution in [0.5, 0.6) is 0 Å². The highest BCUT2D eigenvalue weighted by molar-refractivity contribution is 7.89. The van der Waals surface area contributed by atoms with Gasteiger partial charge in [-0.3, -0.25) is 0 Å². The van der Waals surface area contributed by atoms with Crippen molar-refractivity contribution in [2.45, 2.75) is 31.2 Å². The maximum atomic E-state index is 13.1. The molecule has 0 bridgehead atoms. The Morgan fingerprint density at radius 1 is 1.26 bits per heavy atom. The maximum absolute atomic E-state index is 13.1. The molecule has 0 aromatic heterocycles. The van der Waals surface area contributed by atoms with E-state index in [0.29, 0.717) is 6.07 Å². The molecule has 0 aliphatic heterocycles. The first-order valence-corrected chi connectivity index (χ1v) is 7.29. The lowest BCUT2D eigenvalue weighted by Gasteiger charge is -2.33. The molecule has 0 radical (unpaired) electrons. The van der Waals surface area contributed by atoms with Crippen LogP contribution in [0.4, 0.5) is 8.78 Å². The number of sulfonamides is 1. The van der Waals surface area contributed by atoms with Gasteiger partial charge in [0.1, 0.15) is 11.6 Å². The fourth-order valence-corrected chi connectivity index (χ4v) is 3.03. The van der Waals surface area contributed by atoms with Crippen LogP contribution in [0.3, 0.4) is 0 Å². The van der Waals surface area contributed by atoms with Crippen LogP contribution in [-0.2, 0) is 10.0 Å². The van der Waals surface area contributed by atoms with E-state index in [1.165, 1.54) is 0 Å². The second kappa shape index (κ2) is 5.52. The Balaban J connectivity index is 3.18. The molecule has 1 aromatic carbocycles. The maximum Gasteiger partial charge on any atom is 0.241 e. The Morgan fingerprint density at radius 2 is 1.74 bits per heavy atom. The molecule has 3 N–H and O–H groups in total. The molecule has 0 aliphatic carbocycles. The highest BCUT2D eigenvalue weighted by Gasteiger charge is 2.32. The van der Waals surface area contributed by atoms with Crippen molar-refractivity contribution in [3.05, 3.63) is 29.8 Å². The molecule has 0 amide bonds. The lowest BCUT2D eigenvalue weighted by Crippen LogP contribution is -2.54. The van der Waals surface area contributed by atoms with E-state index in [0.717, 1.165) is 12.1 Å². The summed E-state index contributed by atoms with van der Waals surface area (Å²) in [5.41, 5.74) is 4.69. The standard InChI is InChI=1S/C12H18F2N2O2S/c1-8(2)12(3,7-15)16-19(17,18)11-5-9(13)4-10(14)6-11/h4-6,8,16H,7,15H2,1-3H3. The third-order valence-electron chi connectivity index (χ3n) is 3.21. The smallest absolute Gasteiger partial charge is 0.241 e. The van der Waals surface area contributed by atoms with Crippen molar-refractivity contribution in [1.29, 1.82) is 0 Å². The van der Waals surface area contributed by atoms with Crippen molar-refractivity contribution in [2.75, 3.05) is 6.54 Å². The van der Waals surface area contributed by atoms with Crippen molar-refractivity contribution in [2.24, 2.45) is 11.7 Å². The first-order valence-electron chi connectivity index (χ1n) is 5.81. The second-order valence-electron chi connectivity index (χ2n) is 4.99. The SMILES string of the molecule is CC(C)C(C)(CN)NS(=O)(=O)c1cc(F)cc(F)c1.